The van der Waals surface area contributed by atoms with Gasteiger partial charge in [-0.3, -0.25) is 0 Å². The first-order valence-corrected chi connectivity index (χ1v) is 10.2. The highest BCUT2D eigenvalue weighted by molar-refractivity contribution is 5.59. The molecule has 1 aliphatic carbocycles. The van der Waals surface area contributed by atoms with Crippen LogP contribution in [0.2, 0.25) is 0 Å². The van der Waals surface area contributed by atoms with Gasteiger partial charge in [-0.05, 0) is 79.1 Å². The maximum atomic E-state index is 13.3. The van der Waals surface area contributed by atoms with Crippen molar-refractivity contribution in [1.29, 1.82) is 0 Å². The molecule has 28 heavy (non-hydrogen) atoms. The van der Waals surface area contributed by atoms with E-state index in [9.17, 15) is 4.39 Å². The molecule has 0 atom stereocenters. The summed E-state index contributed by atoms with van der Waals surface area (Å²) in [6.07, 6.45) is 5.52. The van der Waals surface area contributed by atoms with E-state index in [1.54, 1.807) is 0 Å². The second-order valence-electron chi connectivity index (χ2n) is 7.76. The van der Waals surface area contributed by atoms with Crippen LogP contribution in [-0.4, -0.2) is 16.3 Å². The molecule has 5 heteroatoms. The molecule has 0 radical (unpaired) electrons. The molecule has 0 saturated carbocycles. The molecule has 1 aliphatic heterocycles. The molecule has 2 heterocycles. The fourth-order valence-electron chi connectivity index (χ4n) is 4.75. The normalized spacial score (nSPS) is 15.6. The van der Waals surface area contributed by atoms with Gasteiger partial charge < -0.3 is 10.6 Å². The Kier molecular flexibility index (Phi) is 4.40. The molecule has 2 aromatic carbocycles. The molecular weight excluding hydrogens is 351 g/mol. The molecule has 4 nitrogen and oxygen atoms in total. The highest BCUT2D eigenvalue weighted by Gasteiger charge is 2.26. The number of rotatable bonds is 4. The van der Waals surface area contributed by atoms with E-state index in [2.05, 4.69) is 23.1 Å². The number of hydrogen-bond donors (Lipinski definition) is 1. The summed E-state index contributed by atoms with van der Waals surface area (Å²) in [5.41, 5.74) is 14.7. The zero-order valence-electron chi connectivity index (χ0n) is 16.0. The van der Waals surface area contributed by atoms with Crippen LogP contribution in [0.1, 0.15) is 40.9 Å². The average molecular weight is 376 g/mol. The van der Waals surface area contributed by atoms with Crippen molar-refractivity contribution in [1.82, 2.24) is 9.78 Å². The first-order chi connectivity index (χ1) is 13.7. The third-order valence-electron chi connectivity index (χ3n) is 6.09. The second kappa shape index (κ2) is 7.06. The zero-order chi connectivity index (χ0) is 19.1. The minimum Gasteiger partial charge on any atom is -0.365 e. The number of benzene rings is 2. The Morgan fingerprint density at radius 2 is 1.79 bits per heavy atom. The smallest absolute Gasteiger partial charge is 0.123 e. The lowest BCUT2D eigenvalue weighted by molar-refractivity contribution is 0.626. The van der Waals surface area contributed by atoms with Gasteiger partial charge in [0.05, 0.1) is 17.9 Å². The summed E-state index contributed by atoms with van der Waals surface area (Å²) in [5.74, 6) is -0.214. The summed E-state index contributed by atoms with van der Waals surface area (Å²) in [7, 11) is 0. The van der Waals surface area contributed by atoms with Crippen LogP contribution in [0, 0.1) is 5.82 Å². The topological polar surface area (TPSA) is 47.1 Å². The van der Waals surface area contributed by atoms with Crippen molar-refractivity contribution in [2.75, 3.05) is 11.4 Å². The maximum Gasteiger partial charge on any atom is 0.123 e. The summed E-state index contributed by atoms with van der Waals surface area (Å²) >= 11 is 0. The fraction of sp³-hybridized carbons (Fsp3) is 0.348. The highest BCUT2D eigenvalue weighted by atomic mass is 19.1. The van der Waals surface area contributed by atoms with E-state index in [4.69, 9.17) is 10.8 Å². The molecule has 2 N–H and O–H groups in total. The van der Waals surface area contributed by atoms with Crippen LogP contribution < -0.4 is 10.6 Å². The minimum atomic E-state index is -0.214. The van der Waals surface area contributed by atoms with Gasteiger partial charge in [-0.1, -0.05) is 12.1 Å². The summed E-state index contributed by atoms with van der Waals surface area (Å²) in [4.78, 5) is 2.45. The Morgan fingerprint density at radius 3 is 2.61 bits per heavy atom. The molecule has 1 aromatic heterocycles. The number of nitrogens with zero attached hydrogens (tertiary/aromatic N) is 3. The molecule has 0 bridgehead atoms. The largest absolute Gasteiger partial charge is 0.365 e. The Hall–Kier alpha value is -2.66. The van der Waals surface area contributed by atoms with E-state index in [0.717, 1.165) is 56.6 Å². The SMILES string of the molecule is NCc1cccc2c1CCCN2Cc1nn(-c2ccc(F)cc2)c2c1CCC2. The van der Waals surface area contributed by atoms with Gasteiger partial charge in [-0.15, -0.1) is 0 Å². The van der Waals surface area contributed by atoms with Crippen LogP contribution in [-0.2, 0) is 32.4 Å². The lowest BCUT2D eigenvalue weighted by Crippen LogP contribution is -2.30. The van der Waals surface area contributed by atoms with Crippen LogP contribution in [0.5, 0.6) is 0 Å². The second-order valence-corrected chi connectivity index (χ2v) is 7.76. The van der Waals surface area contributed by atoms with Crippen molar-refractivity contribution in [2.24, 2.45) is 5.73 Å². The molecule has 144 valence electrons. The van der Waals surface area contributed by atoms with E-state index in [1.807, 2.05) is 16.8 Å². The van der Waals surface area contributed by atoms with Crippen LogP contribution in [0.25, 0.3) is 5.69 Å². The van der Waals surface area contributed by atoms with Gasteiger partial charge in [-0.25, -0.2) is 9.07 Å². The molecule has 0 fully saturated rings. The van der Waals surface area contributed by atoms with Gasteiger partial charge in [0.1, 0.15) is 5.82 Å². The molecule has 0 amide bonds. The predicted octanol–water partition coefficient (Wildman–Crippen LogP) is 3.91. The van der Waals surface area contributed by atoms with Crippen LogP contribution >= 0.6 is 0 Å². The lowest BCUT2D eigenvalue weighted by atomic mass is 9.96. The number of aromatic nitrogens is 2. The Bertz CT molecular complexity index is 1010. The quantitative estimate of drug-likeness (QED) is 0.751. The Labute approximate surface area is 164 Å². The number of anilines is 1. The lowest BCUT2D eigenvalue weighted by Gasteiger charge is -2.32. The van der Waals surface area contributed by atoms with Crippen molar-refractivity contribution in [3.8, 4) is 5.69 Å². The maximum absolute atomic E-state index is 13.3. The van der Waals surface area contributed by atoms with E-state index in [0.29, 0.717) is 6.54 Å². The molecule has 2 aliphatic rings. The van der Waals surface area contributed by atoms with Gasteiger partial charge in [0, 0.05) is 24.5 Å². The van der Waals surface area contributed by atoms with Gasteiger partial charge in [0.25, 0.3) is 0 Å². The van der Waals surface area contributed by atoms with E-state index in [-0.39, 0.29) is 5.82 Å². The van der Waals surface area contributed by atoms with Gasteiger partial charge in [-0.2, -0.15) is 5.10 Å². The predicted molar refractivity (Wildman–Crippen MR) is 109 cm³/mol. The molecule has 3 aromatic rings. The number of hydrogen-bond acceptors (Lipinski definition) is 3. The van der Waals surface area contributed by atoms with Crippen molar-refractivity contribution >= 4 is 5.69 Å². The van der Waals surface area contributed by atoms with Crippen LogP contribution in [0.4, 0.5) is 10.1 Å². The summed E-state index contributed by atoms with van der Waals surface area (Å²) in [6, 6.07) is 13.1. The molecule has 0 saturated heterocycles. The molecule has 5 rings (SSSR count). The third kappa shape index (κ3) is 2.90. The third-order valence-corrected chi connectivity index (χ3v) is 6.09. The molecule has 0 spiro atoms. The number of nitrogens with two attached hydrogens (primary N) is 1. The molecule has 0 unspecified atom stereocenters. The minimum absolute atomic E-state index is 0.214. The van der Waals surface area contributed by atoms with Crippen molar-refractivity contribution in [2.45, 2.75) is 45.2 Å². The Balaban J connectivity index is 1.51. The van der Waals surface area contributed by atoms with Crippen molar-refractivity contribution < 1.29 is 4.39 Å². The summed E-state index contributed by atoms with van der Waals surface area (Å²) in [5, 5.41) is 4.97. The number of halogens is 1. The average Bonchev–Trinajstić information content (AvgIpc) is 3.32. The van der Waals surface area contributed by atoms with Crippen LogP contribution in [0.15, 0.2) is 42.5 Å². The first-order valence-electron chi connectivity index (χ1n) is 10.2. The van der Waals surface area contributed by atoms with Crippen molar-refractivity contribution in [3.63, 3.8) is 0 Å². The first kappa shape index (κ1) is 17.4. The van der Waals surface area contributed by atoms with E-state index < -0.39 is 0 Å². The van der Waals surface area contributed by atoms with Gasteiger partial charge in [0.2, 0.25) is 0 Å². The van der Waals surface area contributed by atoms with Crippen molar-refractivity contribution in [3.05, 3.63) is 76.4 Å². The number of fused-ring (bicyclic) bond motifs is 2. The zero-order valence-corrected chi connectivity index (χ0v) is 16.0. The summed E-state index contributed by atoms with van der Waals surface area (Å²) < 4.78 is 15.4. The molecular formula is C23H25FN4. The van der Waals surface area contributed by atoms with E-state index >= 15 is 0 Å². The van der Waals surface area contributed by atoms with Gasteiger partial charge in [0.15, 0.2) is 0 Å². The van der Waals surface area contributed by atoms with Crippen LogP contribution in [0.3, 0.4) is 0 Å². The highest BCUT2D eigenvalue weighted by Crippen LogP contribution is 2.33. The standard InChI is InChI=1S/C23H25FN4/c24-17-9-11-18(12-10-17)28-23-8-2-5-20(23)21(26-28)15-27-13-3-6-19-16(14-25)4-1-7-22(19)27/h1,4,7,9-12H,2-3,5-6,8,13-15,25H2. The Morgan fingerprint density at radius 1 is 0.964 bits per heavy atom. The monoisotopic (exact) mass is 376 g/mol. The van der Waals surface area contributed by atoms with E-state index in [1.165, 1.54) is 40.2 Å². The van der Waals surface area contributed by atoms with Gasteiger partial charge >= 0.3 is 0 Å². The summed E-state index contributed by atoms with van der Waals surface area (Å²) in [6.45, 7) is 2.45. The fourth-order valence-corrected chi connectivity index (χ4v) is 4.75.